The van der Waals surface area contributed by atoms with Crippen molar-refractivity contribution in [3.8, 4) is 11.5 Å². The highest BCUT2D eigenvalue weighted by Crippen LogP contribution is 2.38. The smallest absolute Gasteiger partial charge is 0.169 e. The molecule has 2 N–H and O–H groups in total. The van der Waals surface area contributed by atoms with E-state index in [0.29, 0.717) is 12.5 Å². The second kappa shape index (κ2) is 7.57. The van der Waals surface area contributed by atoms with Gasteiger partial charge >= 0.3 is 0 Å². The van der Waals surface area contributed by atoms with Crippen molar-refractivity contribution < 1.29 is 13.9 Å². The summed E-state index contributed by atoms with van der Waals surface area (Å²) in [5.74, 6) is 2.03. The van der Waals surface area contributed by atoms with Crippen molar-refractivity contribution in [1.82, 2.24) is 10.3 Å². The summed E-state index contributed by atoms with van der Waals surface area (Å²) in [6.07, 6.45) is 3.10. The number of hydrogen-bond acceptors (Lipinski definition) is 3. The molecule has 6 rings (SSSR count). The summed E-state index contributed by atoms with van der Waals surface area (Å²) in [6, 6.07) is 17.3. The van der Waals surface area contributed by atoms with Gasteiger partial charge in [-0.3, -0.25) is 0 Å². The Morgan fingerprint density at radius 1 is 1.03 bits per heavy atom. The average Bonchev–Trinajstić information content (AvgIpc) is 3.16. The Labute approximate surface area is 180 Å². The highest BCUT2D eigenvalue weighted by atomic mass is 19.1. The van der Waals surface area contributed by atoms with E-state index >= 15 is 0 Å². The number of hydrogen-bond donors (Lipinski definition) is 2. The molecule has 2 aliphatic rings. The molecule has 0 fully saturated rings. The zero-order valence-corrected chi connectivity index (χ0v) is 17.3. The Balaban J connectivity index is 1.10. The average molecular weight is 416 g/mol. The van der Waals surface area contributed by atoms with Crippen LogP contribution in [0.25, 0.3) is 21.7 Å². The minimum Gasteiger partial charge on any atom is -0.486 e. The third-order valence-electron chi connectivity index (χ3n) is 6.61. The van der Waals surface area contributed by atoms with Crippen LogP contribution in [0.4, 0.5) is 4.39 Å². The molecule has 2 atom stereocenters. The van der Waals surface area contributed by atoms with E-state index in [1.165, 1.54) is 17.3 Å². The molecule has 0 radical (unpaired) electrons. The minimum atomic E-state index is -0.170. The van der Waals surface area contributed by atoms with Crippen LogP contribution < -0.4 is 14.8 Å². The van der Waals surface area contributed by atoms with E-state index in [4.69, 9.17) is 9.47 Å². The van der Waals surface area contributed by atoms with Crippen LogP contribution in [0.15, 0.2) is 54.6 Å². The number of H-pyrrole nitrogens is 1. The third-order valence-corrected chi connectivity index (χ3v) is 6.61. The van der Waals surface area contributed by atoms with Crippen molar-refractivity contribution in [3.05, 3.63) is 71.7 Å². The van der Waals surface area contributed by atoms with Crippen LogP contribution in [0, 0.1) is 11.7 Å². The fourth-order valence-corrected chi connectivity index (χ4v) is 5.03. The number of aryl methyl sites for hydroxylation is 1. The molecule has 1 aliphatic carbocycles. The lowest BCUT2D eigenvalue weighted by Crippen LogP contribution is -2.40. The maximum Gasteiger partial charge on any atom is 0.169 e. The molecule has 1 aromatic heterocycles. The second-order valence-electron chi connectivity index (χ2n) is 8.70. The SMILES string of the molecule is Fc1ccc2[nH]c3c(c2c1)C[C@H](CNC[C@H]1COc2ccc4ccccc4c2O1)CC3. The summed E-state index contributed by atoms with van der Waals surface area (Å²) in [5, 5.41) is 6.88. The van der Waals surface area contributed by atoms with Crippen LogP contribution in [-0.4, -0.2) is 30.8 Å². The Morgan fingerprint density at radius 3 is 2.94 bits per heavy atom. The molecular weight excluding hydrogens is 391 g/mol. The monoisotopic (exact) mass is 416 g/mol. The Morgan fingerprint density at radius 2 is 1.97 bits per heavy atom. The van der Waals surface area contributed by atoms with Crippen LogP contribution in [-0.2, 0) is 12.8 Å². The van der Waals surface area contributed by atoms with Crippen molar-refractivity contribution >= 4 is 21.7 Å². The van der Waals surface area contributed by atoms with Crippen LogP contribution in [0.3, 0.4) is 0 Å². The topological polar surface area (TPSA) is 46.3 Å². The molecule has 31 heavy (non-hydrogen) atoms. The molecule has 1 aliphatic heterocycles. The van der Waals surface area contributed by atoms with E-state index in [0.717, 1.165) is 65.5 Å². The summed E-state index contributed by atoms with van der Waals surface area (Å²) in [7, 11) is 0. The van der Waals surface area contributed by atoms with E-state index < -0.39 is 0 Å². The number of fused-ring (bicyclic) bond motifs is 6. The first kappa shape index (κ1) is 18.7. The molecule has 3 aromatic carbocycles. The van der Waals surface area contributed by atoms with Gasteiger partial charge in [-0.2, -0.15) is 0 Å². The van der Waals surface area contributed by atoms with Crippen molar-refractivity contribution in [2.24, 2.45) is 5.92 Å². The van der Waals surface area contributed by atoms with E-state index in [2.05, 4.69) is 28.5 Å². The summed E-state index contributed by atoms with van der Waals surface area (Å²) in [4.78, 5) is 3.47. The van der Waals surface area contributed by atoms with Crippen LogP contribution in [0.5, 0.6) is 11.5 Å². The minimum absolute atomic E-state index is 0.0142. The molecule has 0 spiro atoms. The van der Waals surface area contributed by atoms with Gasteiger partial charge in [-0.05, 0) is 66.9 Å². The van der Waals surface area contributed by atoms with Gasteiger partial charge in [-0.25, -0.2) is 4.39 Å². The first-order valence-electron chi connectivity index (χ1n) is 11.1. The van der Waals surface area contributed by atoms with Gasteiger partial charge in [-0.15, -0.1) is 0 Å². The Bertz CT molecular complexity index is 1270. The summed E-state index contributed by atoms with van der Waals surface area (Å²) < 4.78 is 26.0. The number of ether oxygens (including phenoxy) is 2. The summed E-state index contributed by atoms with van der Waals surface area (Å²) >= 11 is 0. The molecule has 4 nitrogen and oxygen atoms in total. The van der Waals surface area contributed by atoms with Crippen LogP contribution in [0.2, 0.25) is 0 Å². The molecule has 0 saturated carbocycles. The van der Waals surface area contributed by atoms with Gasteiger partial charge < -0.3 is 19.8 Å². The lowest BCUT2D eigenvalue weighted by atomic mass is 9.86. The van der Waals surface area contributed by atoms with Gasteiger partial charge in [0.25, 0.3) is 0 Å². The molecule has 4 aromatic rings. The van der Waals surface area contributed by atoms with Gasteiger partial charge in [0.1, 0.15) is 18.5 Å². The molecule has 0 saturated heterocycles. The Kier molecular flexibility index (Phi) is 4.57. The number of aromatic nitrogens is 1. The molecule has 2 heterocycles. The molecule has 5 heteroatoms. The van der Waals surface area contributed by atoms with Crippen molar-refractivity contribution in [1.29, 1.82) is 0 Å². The van der Waals surface area contributed by atoms with E-state index in [9.17, 15) is 4.39 Å². The highest BCUT2D eigenvalue weighted by Gasteiger charge is 2.25. The van der Waals surface area contributed by atoms with Gasteiger partial charge in [0.2, 0.25) is 0 Å². The molecule has 0 bridgehead atoms. The molecule has 158 valence electrons. The highest BCUT2D eigenvalue weighted by molar-refractivity contribution is 5.91. The molecular formula is C26H25FN2O2. The van der Waals surface area contributed by atoms with Crippen molar-refractivity contribution in [3.63, 3.8) is 0 Å². The van der Waals surface area contributed by atoms with Crippen molar-refractivity contribution in [2.45, 2.75) is 25.4 Å². The van der Waals surface area contributed by atoms with Crippen molar-refractivity contribution in [2.75, 3.05) is 19.7 Å². The van der Waals surface area contributed by atoms with E-state index in [1.807, 2.05) is 24.3 Å². The number of benzene rings is 3. The van der Waals surface area contributed by atoms with Gasteiger partial charge in [0.15, 0.2) is 11.5 Å². The fourth-order valence-electron chi connectivity index (χ4n) is 5.03. The first-order valence-corrected chi connectivity index (χ1v) is 11.1. The third kappa shape index (κ3) is 3.43. The predicted molar refractivity (Wildman–Crippen MR) is 121 cm³/mol. The molecule has 0 amide bonds. The number of rotatable bonds is 4. The maximum atomic E-state index is 13.7. The largest absolute Gasteiger partial charge is 0.486 e. The van der Waals surface area contributed by atoms with E-state index in [1.54, 1.807) is 6.07 Å². The van der Waals surface area contributed by atoms with Gasteiger partial charge in [0, 0.05) is 28.5 Å². The number of nitrogens with one attached hydrogen (secondary N) is 2. The number of halogens is 1. The zero-order chi connectivity index (χ0) is 20.8. The summed E-state index contributed by atoms with van der Waals surface area (Å²) in [5.41, 5.74) is 3.59. The zero-order valence-electron chi connectivity index (χ0n) is 17.3. The standard InChI is InChI=1S/C26H25FN2O2/c27-18-7-9-24-22(12-18)21-11-16(5-8-23(21)29-24)13-28-14-19-15-30-25-10-6-17-3-1-2-4-20(17)26(25)31-19/h1-4,6-7,9-10,12,16,19,28-29H,5,8,11,13-15H2/t16-,19+/m1/s1. The predicted octanol–water partition coefficient (Wildman–Crippen LogP) is 4.99. The summed E-state index contributed by atoms with van der Waals surface area (Å²) in [6.45, 7) is 2.22. The first-order chi connectivity index (χ1) is 15.2. The maximum absolute atomic E-state index is 13.7. The van der Waals surface area contributed by atoms with Crippen LogP contribution >= 0.6 is 0 Å². The fraction of sp³-hybridized carbons (Fsp3) is 0.308. The number of aromatic amines is 1. The lowest BCUT2D eigenvalue weighted by molar-refractivity contribution is 0.0915. The normalized spacial score (nSPS) is 20.2. The molecule has 0 unspecified atom stereocenters. The van der Waals surface area contributed by atoms with E-state index in [-0.39, 0.29) is 11.9 Å². The quantitative estimate of drug-likeness (QED) is 0.492. The second-order valence-corrected chi connectivity index (χ2v) is 8.70. The lowest BCUT2D eigenvalue weighted by Gasteiger charge is -2.29. The van der Waals surface area contributed by atoms with Crippen LogP contribution in [0.1, 0.15) is 17.7 Å². The van der Waals surface area contributed by atoms with Gasteiger partial charge in [-0.1, -0.05) is 30.3 Å². The van der Waals surface area contributed by atoms with Gasteiger partial charge in [0.05, 0.1) is 0 Å². The Hall–Kier alpha value is -3.05.